The minimum absolute atomic E-state index is 0.0733. The van der Waals surface area contributed by atoms with Gasteiger partial charge in [-0.05, 0) is 67.6 Å². The first-order chi connectivity index (χ1) is 19.3. The van der Waals surface area contributed by atoms with Crippen LogP contribution >= 0.6 is 0 Å². The summed E-state index contributed by atoms with van der Waals surface area (Å²) in [4.78, 5) is 31.2. The minimum Gasteiger partial charge on any atom is -0.489 e. The summed E-state index contributed by atoms with van der Waals surface area (Å²) >= 11 is 0. The standard InChI is InChI=1S/C31H39N5O5/c1-30(2,3)19-36-26-24(35-29(36)39)9-6-10-25(26)40-18-21(37)17-34-31(4,5)16-20-11-13-22(14-12-20)41-28-23(27(32)38)8-7-15-33-28/h6-15,21,34,37H,16-19H2,1-5H3,(H2,32,38)(H,35,39). The third kappa shape index (κ3) is 7.96. The number of para-hydroxylation sites is 1. The normalized spacial score (nSPS) is 12.8. The molecular formula is C31H39N5O5. The molecule has 0 aliphatic carbocycles. The highest BCUT2D eigenvalue weighted by Gasteiger charge is 2.21. The summed E-state index contributed by atoms with van der Waals surface area (Å²) in [6.45, 7) is 11.3. The number of aliphatic hydroxyl groups is 1. The average Bonchev–Trinajstić information content (AvgIpc) is 3.21. The van der Waals surface area contributed by atoms with E-state index in [4.69, 9.17) is 15.2 Å². The molecular weight excluding hydrogens is 522 g/mol. The molecule has 0 saturated carbocycles. The van der Waals surface area contributed by atoms with E-state index in [9.17, 15) is 14.7 Å². The van der Waals surface area contributed by atoms with Crippen LogP contribution < -0.4 is 26.2 Å². The number of carbonyl (C=O) groups excluding carboxylic acids is 1. The van der Waals surface area contributed by atoms with Gasteiger partial charge in [0.1, 0.15) is 35.3 Å². The maximum atomic E-state index is 12.6. The number of carbonyl (C=O) groups is 1. The molecule has 2 aromatic heterocycles. The summed E-state index contributed by atoms with van der Waals surface area (Å²) in [7, 11) is 0. The largest absolute Gasteiger partial charge is 0.489 e. The number of benzene rings is 2. The van der Waals surface area contributed by atoms with E-state index in [-0.39, 0.29) is 34.7 Å². The zero-order chi connectivity index (χ0) is 29.8. The number of pyridine rings is 1. The number of amides is 1. The molecule has 218 valence electrons. The van der Waals surface area contributed by atoms with Gasteiger partial charge in [-0.3, -0.25) is 9.36 Å². The molecule has 4 rings (SSSR count). The van der Waals surface area contributed by atoms with Gasteiger partial charge in [0.25, 0.3) is 5.91 Å². The number of H-pyrrole nitrogens is 1. The van der Waals surface area contributed by atoms with Crippen molar-refractivity contribution in [1.29, 1.82) is 0 Å². The summed E-state index contributed by atoms with van der Waals surface area (Å²) in [5.74, 6) is 0.654. The zero-order valence-electron chi connectivity index (χ0n) is 24.2. The quantitative estimate of drug-likeness (QED) is 0.205. The van der Waals surface area contributed by atoms with E-state index in [0.29, 0.717) is 42.0 Å². The fourth-order valence-electron chi connectivity index (χ4n) is 4.59. The number of aromatic amines is 1. The first kappa shape index (κ1) is 29.8. The van der Waals surface area contributed by atoms with Crippen LogP contribution in [0.1, 0.15) is 50.5 Å². The minimum atomic E-state index is -0.764. The molecule has 2 heterocycles. The molecule has 0 saturated heterocycles. The van der Waals surface area contributed by atoms with Crippen LogP contribution in [0, 0.1) is 5.41 Å². The fourth-order valence-corrected chi connectivity index (χ4v) is 4.59. The maximum absolute atomic E-state index is 12.6. The highest BCUT2D eigenvalue weighted by molar-refractivity contribution is 5.95. The average molecular weight is 562 g/mol. The van der Waals surface area contributed by atoms with Crippen molar-refractivity contribution in [2.24, 2.45) is 11.1 Å². The number of ether oxygens (including phenoxy) is 2. The van der Waals surface area contributed by atoms with E-state index in [0.717, 1.165) is 5.56 Å². The van der Waals surface area contributed by atoms with Gasteiger partial charge < -0.3 is 30.6 Å². The number of β-amino-alcohol motifs (C(OH)–C–C–N with tert-alkyl or cyclic N) is 1. The Labute approximate surface area is 239 Å². The lowest BCUT2D eigenvalue weighted by atomic mass is 9.94. The molecule has 0 aliphatic heterocycles. The van der Waals surface area contributed by atoms with E-state index < -0.39 is 12.0 Å². The number of hydrogen-bond donors (Lipinski definition) is 4. The Morgan fingerprint density at radius 2 is 1.83 bits per heavy atom. The van der Waals surface area contributed by atoms with Crippen LogP contribution in [0.4, 0.5) is 0 Å². The van der Waals surface area contributed by atoms with Gasteiger partial charge in [0.15, 0.2) is 0 Å². The van der Waals surface area contributed by atoms with Crippen LogP contribution in [0.25, 0.3) is 11.0 Å². The molecule has 0 fully saturated rings. The van der Waals surface area contributed by atoms with Crippen molar-refractivity contribution in [2.45, 2.75) is 59.2 Å². The van der Waals surface area contributed by atoms with Gasteiger partial charge in [-0.2, -0.15) is 0 Å². The van der Waals surface area contributed by atoms with Gasteiger partial charge in [-0.15, -0.1) is 0 Å². The molecule has 10 nitrogen and oxygen atoms in total. The number of aromatic nitrogens is 3. The third-order valence-corrected chi connectivity index (χ3v) is 6.46. The van der Waals surface area contributed by atoms with E-state index in [1.165, 1.54) is 6.20 Å². The lowest BCUT2D eigenvalue weighted by Gasteiger charge is -2.28. The van der Waals surface area contributed by atoms with Crippen LogP contribution in [-0.4, -0.2) is 50.3 Å². The van der Waals surface area contributed by atoms with E-state index in [2.05, 4.69) is 49.9 Å². The molecule has 5 N–H and O–H groups in total. The molecule has 1 atom stereocenters. The summed E-state index contributed by atoms with van der Waals surface area (Å²) in [6, 6.07) is 16.2. The van der Waals surface area contributed by atoms with Crippen LogP contribution in [0.2, 0.25) is 0 Å². The topological polar surface area (TPSA) is 144 Å². The first-order valence-corrected chi connectivity index (χ1v) is 13.6. The smallest absolute Gasteiger partial charge is 0.326 e. The predicted molar refractivity (Wildman–Crippen MR) is 159 cm³/mol. The second-order valence-corrected chi connectivity index (χ2v) is 12.1. The molecule has 1 amide bonds. The van der Waals surface area contributed by atoms with Gasteiger partial charge in [-0.1, -0.05) is 39.0 Å². The number of fused-ring (bicyclic) bond motifs is 1. The van der Waals surface area contributed by atoms with Crippen molar-refractivity contribution in [3.63, 3.8) is 0 Å². The van der Waals surface area contributed by atoms with E-state index >= 15 is 0 Å². The molecule has 10 heteroatoms. The molecule has 0 aliphatic rings. The Balaban J connectivity index is 1.32. The van der Waals surface area contributed by atoms with Crippen molar-refractivity contribution >= 4 is 16.9 Å². The highest BCUT2D eigenvalue weighted by Crippen LogP contribution is 2.27. The Morgan fingerprint density at radius 1 is 1.10 bits per heavy atom. The van der Waals surface area contributed by atoms with Crippen molar-refractivity contribution in [3.8, 4) is 17.4 Å². The Bertz CT molecular complexity index is 1550. The Hall–Kier alpha value is -4.15. The second-order valence-electron chi connectivity index (χ2n) is 12.1. The molecule has 0 bridgehead atoms. The van der Waals surface area contributed by atoms with Gasteiger partial charge in [-0.25, -0.2) is 9.78 Å². The number of nitrogens with one attached hydrogen (secondary N) is 2. The lowest BCUT2D eigenvalue weighted by molar-refractivity contribution is 0.0993. The highest BCUT2D eigenvalue weighted by atomic mass is 16.5. The van der Waals surface area contributed by atoms with E-state index in [1.54, 1.807) is 16.7 Å². The van der Waals surface area contributed by atoms with Gasteiger partial charge in [0.05, 0.1) is 5.52 Å². The number of rotatable bonds is 12. The third-order valence-electron chi connectivity index (χ3n) is 6.46. The first-order valence-electron chi connectivity index (χ1n) is 13.6. The van der Waals surface area contributed by atoms with Crippen molar-refractivity contribution in [1.82, 2.24) is 19.9 Å². The van der Waals surface area contributed by atoms with Crippen molar-refractivity contribution in [3.05, 3.63) is 82.4 Å². The van der Waals surface area contributed by atoms with Crippen LogP contribution in [0.3, 0.4) is 0 Å². The van der Waals surface area contributed by atoms with Crippen LogP contribution in [0.15, 0.2) is 65.6 Å². The molecule has 0 spiro atoms. The molecule has 2 aromatic carbocycles. The number of hydrogen-bond acceptors (Lipinski definition) is 7. The zero-order valence-corrected chi connectivity index (χ0v) is 24.2. The van der Waals surface area contributed by atoms with Crippen LogP contribution in [-0.2, 0) is 13.0 Å². The molecule has 4 aromatic rings. The summed E-state index contributed by atoms with van der Waals surface area (Å²) in [6.07, 6.45) is 1.47. The number of primary amides is 1. The number of imidazole rings is 1. The number of aliphatic hydroxyl groups excluding tert-OH is 1. The van der Waals surface area contributed by atoms with Crippen molar-refractivity contribution in [2.75, 3.05) is 13.2 Å². The van der Waals surface area contributed by atoms with Crippen LogP contribution in [0.5, 0.6) is 17.4 Å². The summed E-state index contributed by atoms with van der Waals surface area (Å²) < 4.78 is 13.5. The molecule has 0 radical (unpaired) electrons. The lowest BCUT2D eigenvalue weighted by Crippen LogP contribution is -2.46. The Kier molecular flexibility index (Phi) is 8.84. The monoisotopic (exact) mass is 561 g/mol. The van der Waals surface area contributed by atoms with Gasteiger partial charge >= 0.3 is 5.69 Å². The van der Waals surface area contributed by atoms with Gasteiger partial charge in [0.2, 0.25) is 5.88 Å². The molecule has 41 heavy (non-hydrogen) atoms. The summed E-state index contributed by atoms with van der Waals surface area (Å²) in [5.41, 5.74) is 7.49. The fraction of sp³-hybridized carbons (Fsp3) is 0.387. The Morgan fingerprint density at radius 3 is 2.51 bits per heavy atom. The molecule has 1 unspecified atom stereocenters. The van der Waals surface area contributed by atoms with Gasteiger partial charge in [0, 0.05) is 24.8 Å². The van der Waals surface area contributed by atoms with E-state index in [1.807, 2.05) is 42.5 Å². The second kappa shape index (κ2) is 12.2. The predicted octanol–water partition coefficient (Wildman–Crippen LogP) is 4.01. The number of nitrogens with two attached hydrogens (primary N) is 1. The van der Waals surface area contributed by atoms with Crippen molar-refractivity contribution < 1.29 is 19.4 Å². The number of nitrogens with zero attached hydrogens (tertiary/aromatic N) is 2. The maximum Gasteiger partial charge on any atom is 0.326 e. The SMILES string of the molecule is CC(C)(C)Cn1c(=O)[nH]c2cccc(OCC(O)CNC(C)(C)Cc3ccc(Oc4ncccc4C(N)=O)cc3)c21. The summed E-state index contributed by atoms with van der Waals surface area (Å²) in [5, 5.41) is 14.1.